The van der Waals surface area contributed by atoms with Crippen molar-refractivity contribution in [2.45, 2.75) is 89.4 Å². The first-order valence-electron chi connectivity index (χ1n) is 7.54. The minimum atomic E-state index is -4.15. The summed E-state index contributed by atoms with van der Waals surface area (Å²) in [5.74, 6) is 0. The molecule has 0 radical (unpaired) electrons. The minimum Gasteiger partial charge on any atom is -0.748 e. The van der Waals surface area contributed by atoms with Crippen molar-refractivity contribution in [1.82, 2.24) is 0 Å². The standard InChI is InChI=1S/C14H30O4S.K/c1-3-5-11-14(19(16,17)18)12-8-6-7-10-13(15)9-4-2;/h13-15H,3-12H2,1-2H3,(H,16,17,18);/q;+1/p-1. The van der Waals surface area contributed by atoms with Gasteiger partial charge in [0.05, 0.1) is 16.2 Å². The molecule has 0 heterocycles. The van der Waals surface area contributed by atoms with Crippen molar-refractivity contribution in [3.63, 3.8) is 0 Å². The van der Waals surface area contributed by atoms with Gasteiger partial charge in [-0.1, -0.05) is 52.4 Å². The maximum atomic E-state index is 11.1. The molecule has 2 unspecified atom stereocenters. The molecule has 2 atom stereocenters. The van der Waals surface area contributed by atoms with Crippen molar-refractivity contribution < 1.29 is 69.5 Å². The Morgan fingerprint density at radius 2 is 1.45 bits per heavy atom. The van der Waals surface area contributed by atoms with Gasteiger partial charge in [-0.15, -0.1) is 0 Å². The monoisotopic (exact) mass is 332 g/mol. The van der Waals surface area contributed by atoms with E-state index in [1.165, 1.54) is 0 Å². The molecule has 0 aromatic carbocycles. The summed E-state index contributed by atoms with van der Waals surface area (Å²) in [6.07, 6.45) is 7.56. The zero-order valence-electron chi connectivity index (χ0n) is 13.3. The van der Waals surface area contributed by atoms with Crippen LogP contribution in [-0.2, 0) is 10.1 Å². The molecular formula is C14H29KO4S. The van der Waals surface area contributed by atoms with Gasteiger partial charge in [0.1, 0.15) is 0 Å². The molecule has 0 fully saturated rings. The van der Waals surface area contributed by atoms with Gasteiger partial charge in [0, 0.05) is 5.25 Å². The van der Waals surface area contributed by atoms with Gasteiger partial charge in [0.15, 0.2) is 0 Å². The average molecular weight is 333 g/mol. The SMILES string of the molecule is CCCCC(CCCCCC(O)CCC)S(=O)(=O)[O-].[K+]. The van der Waals surface area contributed by atoms with Gasteiger partial charge in [0.25, 0.3) is 0 Å². The molecule has 116 valence electrons. The first-order valence-corrected chi connectivity index (χ1v) is 9.01. The Morgan fingerprint density at radius 1 is 0.900 bits per heavy atom. The maximum absolute atomic E-state index is 11.1. The van der Waals surface area contributed by atoms with E-state index < -0.39 is 15.4 Å². The third-order valence-electron chi connectivity index (χ3n) is 3.47. The van der Waals surface area contributed by atoms with Gasteiger partial charge >= 0.3 is 51.4 Å². The zero-order chi connectivity index (χ0) is 14.7. The van der Waals surface area contributed by atoms with E-state index in [1.54, 1.807) is 0 Å². The molecule has 6 heteroatoms. The van der Waals surface area contributed by atoms with E-state index in [-0.39, 0.29) is 57.5 Å². The summed E-state index contributed by atoms with van der Waals surface area (Å²) in [6.45, 7) is 4.03. The minimum absolute atomic E-state index is 0. The van der Waals surface area contributed by atoms with E-state index in [0.717, 1.165) is 51.4 Å². The van der Waals surface area contributed by atoms with Crippen LogP contribution in [0.3, 0.4) is 0 Å². The molecule has 0 spiro atoms. The Bertz CT molecular complexity index is 306. The Kier molecular flexibility index (Phi) is 16.8. The van der Waals surface area contributed by atoms with Crippen molar-refractivity contribution in [2.24, 2.45) is 0 Å². The number of aliphatic hydroxyl groups excluding tert-OH is 1. The molecule has 0 bridgehead atoms. The molecule has 1 N–H and O–H groups in total. The van der Waals surface area contributed by atoms with Crippen molar-refractivity contribution in [2.75, 3.05) is 0 Å². The predicted octanol–water partition coefficient (Wildman–Crippen LogP) is 0.206. The van der Waals surface area contributed by atoms with Crippen LogP contribution in [0, 0.1) is 0 Å². The quantitative estimate of drug-likeness (QED) is 0.315. The van der Waals surface area contributed by atoms with Crippen LogP contribution in [-0.4, -0.2) is 29.4 Å². The van der Waals surface area contributed by atoms with Crippen LogP contribution in [0.1, 0.15) is 78.1 Å². The van der Waals surface area contributed by atoms with Gasteiger partial charge in [-0.25, -0.2) is 8.42 Å². The molecule has 0 aromatic heterocycles. The molecule has 0 aliphatic heterocycles. The smallest absolute Gasteiger partial charge is 0.748 e. The van der Waals surface area contributed by atoms with E-state index in [0.29, 0.717) is 12.8 Å². The molecule has 0 amide bonds. The van der Waals surface area contributed by atoms with E-state index in [4.69, 9.17) is 0 Å². The number of rotatable bonds is 12. The molecule has 0 aliphatic rings. The van der Waals surface area contributed by atoms with Crippen LogP contribution in [0.15, 0.2) is 0 Å². The number of hydrogen-bond acceptors (Lipinski definition) is 4. The summed E-state index contributed by atoms with van der Waals surface area (Å²) in [5.41, 5.74) is 0. The summed E-state index contributed by atoms with van der Waals surface area (Å²) in [7, 11) is -4.15. The van der Waals surface area contributed by atoms with Crippen LogP contribution >= 0.6 is 0 Å². The molecule has 0 rings (SSSR count). The van der Waals surface area contributed by atoms with E-state index in [1.807, 2.05) is 13.8 Å². The maximum Gasteiger partial charge on any atom is 1.00 e. The van der Waals surface area contributed by atoms with Crippen molar-refractivity contribution in [1.29, 1.82) is 0 Å². The largest absolute Gasteiger partial charge is 1.00 e. The molecular weight excluding hydrogens is 303 g/mol. The Morgan fingerprint density at radius 3 is 1.95 bits per heavy atom. The van der Waals surface area contributed by atoms with Crippen LogP contribution in [0.25, 0.3) is 0 Å². The van der Waals surface area contributed by atoms with Gasteiger partial charge in [-0.2, -0.15) is 0 Å². The molecule has 0 aromatic rings. The summed E-state index contributed by atoms with van der Waals surface area (Å²) in [6, 6.07) is 0. The van der Waals surface area contributed by atoms with Gasteiger partial charge < -0.3 is 9.66 Å². The summed E-state index contributed by atoms with van der Waals surface area (Å²) >= 11 is 0. The summed E-state index contributed by atoms with van der Waals surface area (Å²) < 4.78 is 33.3. The molecule has 4 nitrogen and oxygen atoms in total. The summed E-state index contributed by atoms with van der Waals surface area (Å²) in [4.78, 5) is 0. The topological polar surface area (TPSA) is 77.4 Å². The normalized spacial score (nSPS) is 14.6. The van der Waals surface area contributed by atoms with E-state index in [2.05, 4.69) is 0 Å². The molecule has 0 aliphatic carbocycles. The second kappa shape index (κ2) is 14.1. The van der Waals surface area contributed by atoms with Crippen LogP contribution in [0.4, 0.5) is 0 Å². The first kappa shape index (κ1) is 23.8. The zero-order valence-corrected chi connectivity index (χ0v) is 17.2. The van der Waals surface area contributed by atoms with Crippen LogP contribution in [0.2, 0.25) is 0 Å². The fourth-order valence-corrected chi connectivity index (χ4v) is 3.18. The Labute approximate surface area is 167 Å². The summed E-state index contributed by atoms with van der Waals surface area (Å²) in [5, 5.41) is 8.84. The Balaban J connectivity index is 0. The van der Waals surface area contributed by atoms with Crippen molar-refractivity contribution in [3.05, 3.63) is 0 Å². The number of aliphatic hydroxyl groups is 1. The molecule has 0 saturated heterocycles. The average Bonchev–Trinajstić information content (AvgIpc) is 2.31. The molecule has 20 heavy (non-hydrogen) atoms. The molecule has 0 saturated carbocycles. The third-order valence-corrected chi connectivity index (χ3v) is 4.76. The fourth-order valence-electron chi connectivity index (χ4n) is 2.27. The first-order chi connectivity index (χ1) is 8.91. The van der Waals surface area contributed by atoms with Crippen LogP contribution in [0.5, 0.6) is 0 Å². The Hall–Kier alpha value is 1.51. The predicted molar refractivity (Wildman–Crippen MR) is 77.0 cm³/mol. The number of unbranched alkanes of at least 4 members (excludes halogenated alkanes) is 3. The number of hydrogen-bond donors (Lipinski definition) is 1. The van der Waals surface area contributed by atoms with Gasteiger partial charge in [0.2, 0.25) is 0 Å². The third kappa shape index (κ3) is 13.2. The van der Waals surface area contributed by atoms with Crippen LogP contribution < -0.4 is 51.4 Å². The van der Waals surface area contributed by atoms with Gasteiger partial charge in [-0.05, 0) is 25.7 Å². The fraction of sp³-hybridized carbons (Fsp3) is 1.00. The van der Waals surface area contributed by atoms with E-state index >= 15 is 0 Å². The van der Waals surface area contributed by atoms with Crippen molar-refractivity contribution in [3.8, 4) is 0 Å². The second-order valence-corrected chi connectivity index (χ2v) is 6.99. The van der Waals surface area contributed by atoms with Crippen molar-refractivity contribution >= 4 is 10.1 Å². The second-order valence-electron chi connectivity index (χ2n) is 5.34. The van der Waals surface area contributed by atoms with Gasteiger partial charge in [-0.3, -0.25) is 0 Å². The van der Waals surface area contributed by atoms with E-state index in [9.17, 15) is 18.1 Å².